The SMILES string of the molecule is C[Si](C)(C)/C=C/COC(=C(F)F)c1ccccc1O. The Labute approximate surface area is 113 Å². The molecule has 0 aromatic heterocycles. The maximum atomic E-state index is 12.9. The molecule has 104 valence electrons. The van der Waals surface area contributed by atoms with Crippen LogP contribution in [0.3, 0.4) is 0 Å². The minimum atomic E-state index is -1.94. The molecule has 0 aliphatic carbocycles. The van der Waals surface area contributed by atoms with Crippen LogP contribution < -0.4 is 0 Å². The Hall–Kier alpha value is -1.62. The third-order valence-electron chi connectivity index (χ3n) is 2.26. The van der Waals surface area contributed by atoms with Gasteiger partial charge in [0.1, 0.15) is 12.4 Å². The molecular weight excluding hydrogens is 266 g/mol. The largest absolute Gasteiger partial charge is 0.507 e. The number of phenols is 1. The zero-order valence-corrected chi connectivity index (χ0v) is 12.3. The van der Waals surface area contributed by atoms with Gasteiger partial charge in [0.25, 0.3) is 0 Å². The lowest BCUT2D eigenvalue weighted by molar-refractivity contribution is 0.285. The second-order valence-corrected chi connectivity index (χ2v) is 10.3. The Balaban J connectivity index is 2.81. The summed E-state index contributed by atoms with van der Waals surface area (Å²) in [6.45, 7) is 6.47. The maximum Gasteiger partial charge on any atom is 0.312 e. The summed E-state index contributed by atoms with van der Waals surface area (Å²) in [6, 6.07) is 5.88. The van der Waals surface area contributed by atoms with E-state index in [1.165, 1.54) is 12.1 Å². The van der Waals surface area contributed by atoms with E-state index in [-0.39, 0.29) is 17.9 Å². The van der Waals surface area contributed by atoms with Crippen LogP contribution in [0.25, 0.3) is 5.76 Å². The van der Waals surface area contributed by atoms with Crippen molar-refractivity contribution in [2.24, 2.45) is 0 Å². The molecule has 0 spiro atoms. The van der Waals surface area contributed by atoms with Gasteiger partial charge in [0.15, 0.2) is 5.76 Å². The maximum absolute atomic E-state index is 12.9. The Morgan fingerprint density at radius 1 is 1.26 bits per heavy atom. The number of aromatic hydroxyl groups is 1. The number of phenolic OH excluding ortho intramolecular Hbond substituents is 1. The number of benzene rings is 1. The van der Waals surface area contributed by atoms with Gasteiger partial charge < -0.3 is 9.84 Å². The van der Waals surface area contributed by atoms with Crippen LogP contribution in [0, 0.1) is 0 Å². The highest BCUT2D eigenvalue weighted by Gasteiger charge is 2.14. The van der Waals surface area contributed by atoms with Gasteiger partial charge in [-0.05, 0) is 12.1 Å². The molecule has 2 nitrogen and oxygen atoms in total. The molecule has 0 aliphatic heterocycles. The summed E-state index contributed by atoms with van der Waals surface area (Å²) < 4.78 is 30.8. The molecule has 0 heterocycles. The molecule has 0 saturated heterocycles. The van der Waals surface area contributed by atoms with E-state index >= 15 is 0 Å². The van der Waals surface area contributed by atoms with Crippen molar-refractivity contribution in [3.8, 4) is 5.75 Å². The van der Waals surface area contributed by atoms with Crippen LogP contribution in [0.4, 0.5) is 8.78 Å². The van der Waals surface area contributed by atoms with Gasteiger partial charge in [-0.1, -0.05) is 43.5 Å². The van der Waals surface area contributed by atoms with Crippen molar-refractivity contribution in [1.29, 1.82) is 0 Å². The van der Waals surface area contributed by atoms with Gasteiger partial charge in [0.05, 0.1) is 13.6 Å². The van der Waals surface area contributed by atoms with Gasteiger partial charge in [0.2, 0.25) is 0 Å². The first kappa shape index (κ1) is 15.4. The summed E-state index contributed by atoms with van der Waals surface area (Å²) in [4.78, 5) is 0. The number of halogens is 2. The van der Waals surface area contributed by atoms with Crippen LogP contribution in [0.1, 0.15) is 5.56 Å². The summed E-state index contributed by atoms with van der Waals surface area (Å²) in [5.41, 5.74) is 2.02. The van der Waals surface area contributed by atoms with Gasteiger partial charge in [-0.2, -0.15) is 8.78 Å². The number of para-hydroxylation sites is 1. The fourth-order valence-corrected chi connectivity index (χ4v) is 2.24. The van der Waals surface area contributed by atoms with Gasteiger partial charge in [0, 0.05) is 0 Å². The zero-order chi connectivity index (χ0) is 14.5. The van der Waals surface area contributed by atoms with Crippen molar-refractivity contribution < 1.29 is 18.6 Å². The Kier molecular flexibility index (Phi) is 5.29. The summed E-state index contributed by atoms with van der Waals surface area (Å²) in [6.07, 6.45) is -0.197. The van der Waals surface area contributed by atoms with Crippen LogP contribution in [0.15, 0.2) is 42.1 Å². The topological polar surface area (TPSA) is 29.5 Å². The lowest BCUT2D eigenvalue weighted by atomic mass is 10.2. The molecule has 0 radical (unpaired) electrons. The second kappa shape index (κ2) is 6.52. The molecule has 0 atom stereocenters. The first-order chi connectivity index (χ1) is 8.81. The fourth-order valence-electron chi connectivity index (χ4n) is 1.43. The van der Waals surface area contributed by atoms with Crippen LogP contribution in [0.2, 0.25) is 19.6 Å². The van der Waals surface area contributed by atoms with Crippen LogP contribution >= 0.6 is 0 Å². The average Bonchev–Trinajstić information content (AvgIpc) is 2.29. The van der Waals surface area contributed by atoms with E-state index < -0.39 is 19.9 Å². The molecule has 0 bridgehead atoms. The predicted octanol–water partition coefficient (Wildman–Crippen LogP) is 4.41. The van der Waals surface area contributed by atoms with Crippen LogP contribution in [-0.2, 0) is 4.74 Å². The summed E-state index contributed by atoms with van der Waals surface area (Å²) in [7, 11) is -1.36. The molecule has 0 aliphatic rings. The van der Waals surface area contributed by atoms with Crippen molar-refractivity contribution in [3.63, 3.8) is 0 Å². The molecule has 5 heteroatoms. The number of rotatable bonds is 5. The molecule has 0 saturated carbocycles. The fraction of sp³-hybridized carbons (Fsp3) is 0.286. The minimum Gasteiger partial charge on any atom is -0.507 e. The molecule has 0 fully saturated rings. The quantitative estimate of drug-likeness (QED) is 0.641. The predicted molar refractivity (Wildman–Crippen MR) is 75.7 cm³/mol. The highest BCUT2D eigenvalue weighted by molar-refractivity contribution is 6.80. The first-order valence-corrected chi connectivity index (χ1v) is 9.53. The van der Waals surface area contributed by atoms with E-state index in [0.717, 1.165) is 0 Å². The van der Waals surface area contributed by atoms with E-state index in [1.54, 1.807) is 18.2 Å². The number of hydrogen-bond donors (Lipinski definition) is 1. The zero-order valence-electron chi connectivity index (χ0n) is 11.3. The standard InChI is InChI=1S/C14H18F2O2Si/c1-19(2,3)10-6-9-18-13(14(15)16)11-7-4-5-8-12(11)17/h4-8,10,17H,9H2,1-3H3/b10-6+. The molecule has 0 amide bonds. The normalized spacial score (nSPS) is 11.6. The average molecular weight is 284 g/mol. The molecule has 1 rings (SSSR count). The molecule has 1 aromatic carbocycles. The molecule has 19 heavy (non-hydrogen) atoms. The van der Waals surface area contributed by atoms with Gasteiger partial charge in [-0.3, -0.25) is 0 Å². The summed E-state index contributed by atoms with van der Waals surface area (Å²) in [5.74, 6) is -0.794. The third kappa shape index (κ3) is 5.26. The summed E-state index contributed by atoms with van der Waals surface area (Å²) in [5, 5.41) is 9.56. The monoisotopic (exact) mass is 284 g/mol. The van der Waals surface area contributed by atoms with Gasteiger partial charge in [-0.15, -0.1) is 0 Å². The highest BCUT2D eigenvalue weighted by atomic mass is 28.3. The van der Waals surface area contributed by atoms with Crippen molar-refractivity contribution >= 4 is 13.8 Å². The lowest BCUT2D eigenvalue weighted by Crippen LogP contribution is -2.15. The van der Waals surface area contributed by atoms with Crippen molar-refractivity contribution in [3.05, 3.63) is 47.7 Å². The Bertz CT molecular complexity index is 486. The summed E-state index contributed by atoms with van der Waals surface area (Å²) >= 11 is 0. The van der Waals surface area contributed by atoms with E-state index in [0.29, 0.717) is 0 Å². The first-order valence-electron chi connectivity index (χ1n) is 5.95. The number of hydrogen-bond acceptors (Lipinski definition) is 2. The van der Waals surface area contributed by atoms with Crippen molar-refractivity contribution in [1.82, 2.24) is 0 Å². The highest BCUT2D eigenvalue weighted by Crippen LogP contribution is 2.29. The second-order valence-electron chi connectivity index (χ2n) is 5.19. The number of ether oxygens (including phenoxy) is 1. The van der Waals surface area contributed by atoms with Crippen molar-refractivity contribution in [2.45, 2.75) is 19.6 Å². The van der Waals surface area contributed by atoms with Crippen LogP contribution in [0.5, 0.6) is 5.75 Å². The third-order valence-corrected chi connectivity index (χ3v) is 3.50. The Morgan fingerprint density at radius 2 is 1.89 bits per heavy atom. The Morgan fingerprint density at radius 3 is 2.42 bits per heavy atom. The minimum absolute atomic E-state index is 0.00361. The molecule has 1 N–H and O–H groups in total. The van der Waals surface area contributed by atoms with E-state index in [4.69, 9.17) is 4.74 Å². The van der Waals surface area contributed by atoms with E-state index in [1.807, 2.05) is 5.70 Å². The lowest BCUT2D eigenvalue weighted by Gasteiger charge is -2.11. The molecule has 1 aromatic rings. The van der Waals surface area contributed by atoms with E-state index in [2.05, 4.69) is 19.6 Å². The van der Waals surface area contributed by atoms with Gasteiger partial charge >= 0.3 is 6.08 Å². The smallest absolute Gasteiger partial charge is 0.312 e. The molecular formula is C14H18F2O2Si. The van der Waals surface area contributed by atoms with Crippen LogP contribution in [-0.4, -0.2) is 19.8 Å². The van der Waals surface area contributed by atoms with Gasteiger partial charge in [-0.25, -0.2) is 0 Å². The molecule has 0 unspecified atom stereocenters. The van der Waals surface area contributed by atoms with E-state index in [9.17, 15) is 13.9 Å². The van der Waals surface area contributed by atoms with Crippen molar-refractivity contribution in [2.75, 3.05) is 6.61 Å².